The molecule has 0 aliphatic heterocycles. The van der Waals surface area contributed by atoms with Gasteiger partial charge in [0, 0.05) is 18.8 Å². The second kappa shape index (κ2) is 8.42. The molecule has 0 radical (unpaired) electrons. The van der Waals surface area contributed by atoms with Crippen LogP contribution in [-0.2, 0) is 0 Å². The second-order valence-corrected chi connectivity index (χ2v) is 4.79. The van der Waals surface area contributed by atoms with Gasteiger partial charge in [-0.1, -0.05) is 42.5 Å². The summed E-state index contributed by atoms with van der Waals surface area (Å²) in [7, 11) is 0. The molecule has 0 saturated heterocycles. The molecule has 0 aliphatic carbocycles. The van der Waals surface area contributed by atoms with E-state index in [-0.39, 0.29) is 19.3 Å². The summed E-state index contributed by atoms with van der Waals surface area (Å²) in [6.07, 6.45) is 0. The molecule has 1 atom stereocenters. The van der Waals surface area contributed by atoms with Crippen molar-refractivity contribution in [2.75, 3.05) is 31.6 Å². The van der Waals surface area contributed by atoms with Crippen LogP contribution in [0.25, 0.3) is 0 Å². The number of rotatable bonds is 8. The maximum absolute atomic E-state index is 9.05. The lowest BCUT2D eigenvalue weighted by atomic mass is 9.98. The zero-order valence-corrected chi connectivity index (χ0v) is 12.0. The molecule has 0 aromatic heterocycles. The molecule has 1 unspecified atom stereocenters. The van der Waals surface area contributed by atoms with Crippen molar-refractivity contribution in [1.82, 2.24) is 5.32 Å². The van der Waals surface area contributed by atoms with Crippen LogP contribution in [0.2, 0.25) is 0 Å². The van der Waals surface area contributed by atoms with Crippen LogP contribution in [0.3, 0.4) is 0 Å². The van der Waals surface area contributed by atoms with Crippen LogP contribution in [0.1, 0.15) is 17.2 Å². The Morgan fingerprint density at radius 2 is 1.38 bits per heavy atom. The molecule has 0 bridgehead atoms. The number of anilines is 1. The van der Waals surface area contributed by atoms with Crippen LogP contribution in [-0.4, -0.2) is 36.5 Å². The van der Waals surface area contributed by atoms with Gasteiger partial charge < -0.3 is 20.8 Å². The Bertz CT molecular complexity index is 514. The number of hydrogen-bond acceptors (Lipinski definition) is 4. The molecule has 21 heavy (non-hydrogen) atoms. The summed E-state index contributed by atoms with van der Waals surface area (Å²) >= 11 is 0. The lowest BCUT2D eigenvalue weighted by Gasteiger charge is -2.20. The van der Waals surface area contributed by atoms with Gasteiger partial charge in [0.2, 0.25) is 0 Å². The Morgan fingerprint density at radius 1 is 0.762 bits per heavy atom. The standard InChI is InChI=1S/C17H22N2O2/c20-12-10-18-16-8-6-15(7-9-16)17(19-11-13-21)14-4-2-1-3-5-14/h1-9,17-21H,10-13H2. The predicted molar refractivity (Wildman–Crippen MR) is 85.4 cm³/mol. The summed E-state index contributed by atoms with van der Waals surface area (Å²) in [5.41, 5.74) is 3.30. The zero-order chi connectivity index (χ0) is 14.9. The minimum atomic E-state index is 0.0604. The minimum absolute atomic E-state index is 0.0604. The fraction of sp³-hybridized carbons (Fsp3) is 0.294. The number of aliphatic hydroxyl groups is 2. The van der Waals surface area contributed by atoms with E-state index < -0.39 is 0 Å². The average molecular weight is 286 g/mol. The van der Waals surface area contributed by atoms with Crippen LogP contribution in [0.5, 0.6) is 0 Å². The van der Waals surface area contributed by atoms with Gasteiger partial charge in [0.05, 0.1) is 19.3 Å². The third-order valence-electron chi connectivity index (χ3n) is 3.28. The molecule has 112 valence electrons. The number of benzene rings is 2. The highest BCUT2D eigenvalue weighted by Gasteiger charge is 2.12. The van der Waals surface area contributed by atoms with E-state index >= 15 is 0 Å². The fourth-order valence-electron chi connectivity index (χ4n) is 2.28. The second-order valence-electron chi connectivity index (χ2n) is 4.79. The van der Waals surface area contributed by atoms with Crippen molar-refractivity contribution < 1.29 is 10.2 Å². The molecule has 4 nitrogen and oxygen atoms in total. The van der Waals surface area contributed by atoms with Crippen molar-refractivity contribution in [3.63, 3.8) is 0 Å². The number of hydrogen-bond donors (Lipinski definition) is 4. The summed E-state index contributed by atoms with van der Waals surface area (Å²) in [4.78, 5) is 0. The Hall–Kier alpha value is -1.88. The van der Waals surface area contributed by atoms with Gasteiger partial charge in [-0.15, -0.1) is 0 Å². The molecular weight excluding hydrogens is 264 g/mol. The summed E-state index contributed by atoms with van der Waals surface area (Å²) in [5, 5.41) is 24.4. The van der Waals surface area contributed by atoms with E-state index in [4.69, 9.17) is 10.2 Å². The molecule has 0 heterocycles. The Balaban J connectivity index is 2.16. The van der Waals surface area contributed by atoms with Crippen molar-refractivity contribution in [2.24, 2.45) is 0 Å². The van der Waals surface area contributed by atoms with Crippen LogP contribution in [0, 0.1) is 0 Å². The van der Waals surface area contributed by atoms with E-state index in [1.54, 1.807) is 0 Å². The highest BCUT2D eigenvalue weighted by Crippen LogP contribution is 2.23. The highest BCUT2D eigenvalue weighted by molar-refractivity contribution is 5.46. The Kier molecular flexibility index (Phi) is 6.22. The third kappa shape index (κ3) is 4.56. The fourth-order valence-corrected chi connectivity index (χ4v) is 2.28. The van der Waals surface area contributed by atoms with E-state index in [1.807, 2.05) is 30.3 Å². The first-order chi connectivity index (χ1) is 10.3. The third-order valence-corrected chi connectivity index (χ3v) is 3.28. The summed E-state index contributed by atoms with van der Waals surface area (Å²) in [6, 6.07) is 18.4. The van der Waals surface area contributed by atoms with Gasteiger partial charge in [-0.25, -0.2) is 0 Å². The first kappa shape index (κ1) is 15.5. The average Bonchev–Trinajstić information content (AvgIpc) is 2.55. The van der Waals surface area contributed by atoms with E-state index in [0.29, 0.717) is 13.1 Å². The lowest BCUT2D eigenvalue weighted by Crippen LogP contribution is -2.25. The van der Waals surface area contributed by atoms with Crippen molar-refractivity contribution in [2.45, 2.75) is 6.04 Å². The van der Waals surface area contributed by atoms with Crippen LogP contribution in [0.4, 0.5) is 5.69 Å². The Morgan fingerprint density at radius 3 is 2.00 bits per heavy atom. The van der Waals surface area contributed by atoms with Gasteiger partial charge in [0.25, 0.3) is 0 Å². The van der Waals surface area contributed by atoms with E-state index in [9.17, 15) is 0 Å². The maximum Gasteiger partial charge on any atom is 0.0604 e. The molecular formula is C17H22N2O2. The minimum Gasteiger partial charge on any atom is -0.395 e. The normalized spacial score (nSPS) is 12.1. The smallest absolute Gasteiger partial charge is 0.0604 e. The van der Waals surface area contributed by atoms with E-state index in [2.05, 4.69) is 34.9 Å². The van der Waals surface area contributed by atoms with Gasteiger partial charge in [0.1, 0.15) is 0 Å². The first-order valence-corrected chi connectivity index (χ1v) is 7.19. The topological polar surface area (TPSA) is 64.5 Å². The molecule has 4 heteroatoms. The van der Waals surface area contributed by atoms with Gasteiger partial charge in [-0.3, -0.25) is 0 Å². The quantitative estimate of drug-likeness (QED) is 0.597. The molecule has 0 fully saturated rings. The van der Waals surface area contributed by atoms with Gasteiger partial charge in [-0.2, -0.15) is 0 Å². The zero-order valence-electron chi connectivity index (χ0n) is 12.0. The van der Waals surface area contributed by atoms with E-state index in [1.165, 1.54) is 5.56 Å². The van der Waals surface area contributed by atoms with Crippen molar-refractivity contribution >= 4 is 5.69 Å². The predicted octanol–water partition coefficient (Wildman–Crippen LogP) is 1.76. The van der Waals surface area contributed by atoms with Crippen LogP contribution in [0.15, 0.2) is 54.6 Å². The molecule has 2 aromatic carbocycles. The molecule has 0 saturated carbocycles. The lowest BCUT2D eigenvalue weighted by molar-refractivity contribution is 0.288. The first-order valence-electron chi connectivity index (χ1n) is 7.19. The van der Waals surface area contributed by atoms with Gasteiger partial charge >= 0.3 is 0 Å². The SMILES string of the molecule is OCCNc1ccc(C(NCCO)c2ccccc2)cc1. The Labute approximate surface area is 125 Å². The molecule has 4 N–H and O–H groups in total. The molecule has 0 spiro atoms. The monoisotopic (exact) mass is 286 g/mol. The maximum atomic E-state index is 9.05. The van der Waals surface area contributed by atoms with Gasteiger partial charge in [0.15, 0.2) is 0 Å². The summed E-state index contributed by atoms with van der Waals surface area (Å²) < 4.78 is 0. The van der Waals surface area contributed by atoms with Crippen molar-refractivity contribution in [3.8, 4) is 0 Å². The number of nitrogens with one attached hydrogen (secondary N) is 2. The van der Waals surface area contributed by atoms with Gasteiger partial charge in [-0.05, 0) is 23.3 Å². The van der Waals surface area contributed by atoms with Crippen LogP contribution >= 0.6 is 0 Å². The van der Waals surface area contributed by atoms with E-state index in [0.717, 1.165) is 11.3 Å². The molecule has 0 amide bonds. The van der Waals surface area contributed by atoms with Crippen molar-refractivity contribution in [1.29, 1.82) is 0 Å². The summed E-state index contributed by atoms with van der Waals surface area (Å²) in [6.45, 7) is 1.32. The largest absolute Gasteiger partial charge is 0.395 e. The molecule has 0 aliphatic rings. The van der Waals surface area contributed by atoms with Crippen LogP contribution < -0.4 is 10.6 Å². The van der Waals surface area contributed by atoms with Crippen molar-refractivity contribution in [3.05, 3.63) is 65.7 Å². The highest BCUT2D eigenvalue weighted by atomic mass is 16.3. The molecule has 2 rings (SSSR count). The number of aliphatic hydroxyl groups excluding tert-OH is 2. The molecule has 2 aromatic rings. The summed E-state index contributed by atoms with van der Waals surface area (Å²) in [5.74, 6) is 0.